The SMILES string of the molecule is COC[C@@]12C[C@@H]1N(C(=O)OC(C)(C)C)[C@H](C(=O)NCc1cccc(Cl)c1F)C2. The minimum Gasteiger partial charge on any atom is -0.444 e. The summed E-state index contributed by atoms with van der Waals surface area (Å²) >= 11 is 5.79. The largest absolute Gasteiger partial charge is 0.444 e. The summed E-state index contributed by atoms with van der Waals surface area (Å²) < 4.78 is 24.9. The Balaban J connectivity index is 1.73. The van der Waals surface area contributed by atoms with Crippen molar-refractivity contribution in [2.45, 2.75) is 57.8 Å². The van der Waals surface area contributed by atoms with Crippen LogP contribution in [0.15, 0.2) is 18.2 Å². The molecule has 8 heteroatoms. The maximum Gasteiger partial charge on any atom is 0.411 e. The van der Waals surface area contributed by atoms with Gasteiger partial charge in [-0.05, 0) is 39.7 Å². The summed E-state index contributed by atoms with van der Waals surface area (Å²) in [7, 11) is 1.61. The number of halogens is 2. The fourth-order valence-electron chi connectivity index (χ4n) is 3.91. The highest BCUT2D eigenvalue weighted by molar-refractivity contribution is 6.30. The Bertz CT molecular complexity index is 782. The summed E-state index contributed by atoms with van der Waals surface area (Å²) in [5, 5.41) is 2.73. The molecule has 1 aliphatic heterocycles. The number of likely N-dealkylation sites (tertiary alicyclic amines) is 1. The lowest BCUT2D eigenvalue weighted by atomic mass is 10.00. The van der Waals surface area contributed by atoms with Crippen LogP contribution in [0.3, 0.4) is 0 Å². The smallest absolute Gasteiger partial charge is 0.411 e. The molecule has 3 atom stereocenters. The van der Waals surface area contributed by atoms with E-state index in [2.05, 4.69) is 5.32 Å². The number of carbonyl (C=O) groups is 2. The van der Waals surface area contributed by atoms with E-state index in [9.17, 15) is 14.0 Å². The van der Waals surface area contributed by atoms with Crippen molar-refractivity contribution < 1.29 is 23.5 Å². The lowest BCUT2D eigenvalue weighted by Gasteiger charge is -2.29. The normalized spacial score (nSPS) is 26.0. The zero-order chi connectivity index (χ0) is 20.7. The maximum atomic E-state index is 14.1. The number of nitrogens with zero attached hydrogens (tertiary/aromatic N) is 1. The van der Waals surface area contributed by atoms with Gasteiger partial charge in [0.05, 0.1) is 11.6 Å². The van der Waals surface area contributed by atoms with Crippen molar-refractivity contribution in [3.05, 3.63) is 34.6 Å². The van der Waals surface area contributed by atoms with Crippen LogP contribution in [0.4, 0.5) is 9.18 Å². The predicted octanol–water partition coefficient (Wildman–Crippen LogP) is 3.51. The monoisotopic (exact) mass is 412 g/mol. The van der Waals surface area contributed by atoms with Crippen LogP contribution in [0.2, 0.25) is 5.02 Å². The molecule has 0 spiro atoms. The van der Waals surface area contributed by atoms with E-state index in [1.54, 1.807) is 40.0 Å². The van der Waals surface area contributed by atoms with E-state index in [4.69, 9.17) is 21.1 Å². The molecule has 1 saturated carbocycles. The Hall–Kier alpha value is -1.86. The topological polar surface area (TPSA) is 67.9 Å². The third-order valence-corrected chi connectivity index (χ3v) is 5.53. The molecule has 1 aromatic carbocycles. The average molecular weight is 413 g/mol. The highest BCUT2D eigenvalue weighted by Crippen LogP contribution is 2.59. The first-order valence-electron chi connectivity index (χ1n) is 9.29. The van der Waals surface area contributed by atoms with Crippen LogP contribution >= 0.6 is 11.6 Å². The lowest BCUT2D eigenvalue weighted by Crippen LogP contribution is -2.49. The van der Waals surface area contributed by atoms with E-state index < -0.39 is 23.6 Å². The standard InChI is InChI=1S/C20H26ClFN2O4/c1-19(2,3)28-18(26)24-14(8-20(11-27-4)9-15(20)24)17(25)23-10-12-6-5-7-13(21)16(12)22/h5-7,14-15H,8-11H2,1-4H3,(H,23,25)/t14-,15-,20+/m0/s1. The summed E-state index contributed by atoms with van der Waals surface area (Å²) in [5.41, 5.74) is -0.585. The van der Waals surface area contributed by atoms with Gasteiger partial charge < -0.3 is 14.8 Å². The molecule has 1 saturated heterocycles. The minimum absolute atomic E-state index is 0.00305. The van der Waals surface area contributed by atoms with Crippen LogP contribution in [-0.4, -0.2) is 48.3 Å². The van der Waals surface area contributed by atoms with E-state index in [1.165, 1.54) is 11.0 Å². The zero-order valence-electron chi connectivity index (χ0n) is 16.6. The quantitative estimate of drug-likeness (QED) is 0.803. The number of piperidine rings is 1. The molecule has 2 aliphatic rings. The van der Waals surface area contributed by atoms with Gasteiger partial charge in [0.2, 0.25) is 5.91 Å². The highest BCUT2D eigenvalue weighted by Gasteiger charge is 2.67. The van der Waals surface area contributed by atoms with E-state index in [-0.39, 0.29) is 28.9 Å². The molecule has 3 rings (SSSR count). The summed E-state index contributed by atoms with van der Waals surface area (Å²) in [4.78, 5) is 27.1. The van der Waals surface area contributed by atoms with Crippen LogP contribution in [0.1, 0.15) is 39.2 Å². The molecule has 6 nitrogen and oxygen atoms in total. The summed E-state index contributed by atoms with van der Waals surface area (Å²) in [6.45, 7) is 5.82. The molecule has 1 heterocycles. The second-order valence-electron chi connectivity index (χ2n) is 8.55. The van der Waals surface area contributed by atoms with Gasteiger partial charge in [0.15, 0.2) is 0 Å². The second-order valence-corrected chi connectivity index (χ2v) is 8.96. The van der Waals surface area contributed by atoms with Gasteiger partial charge in [-0.3, -0.25) is 9.69 Å². The molecule has 1 aromatic rings. The first-order chi connectivity index (χ1) is 13.1. The molecule has 0 radical (unpaired) electrons. The summed E-state index contributed by atoms with van der Waals surface area (Å²) in [6.07, 6.45) is 0.767. The average Bonchev–Trinajstić information content (AvgIpc) is 3.18. The first-order valence-corrected chi connectivity index (χ1v) is 9.66. The van der Waals surface area contributed by atoms with E-state index in [0.717, 1.165) is 6.42 Å². The lowest BCUT2D eigenvalue weighted by molar-refractivity contribution is -0.126. The number of methoxy groups -OCH3 is 1. The van der Waals surface area contributed by atoms with Crippen LogP contribution in [0.5, 0.6) is 0 Å². The summed E-state index contributed by atoms with van der Waals surface area (Å²) in [6, 6.07) is 3.88. The van der Waals surface area contributed by atoms with Crippen LogP contribution < -0.4 is 5.32 Å². The fourth-order valence-corrected chi connectivity index (χ4v) is 4.11. The van der Waals surface area contributed by atoms with Gasteiger partial charge in [-0.15, -0.1) is 0 Å². The van der Waals surface area contributed by atoms with Gasteiger partial charge in [-0.25, -0.2) is 9.18 Å². The molecule has 0 aromatic heterocycles. The molecular weight excluding hydrogens is 387 g/mol. The number of amides is 2. The van der Waals surface area contributed by atoms with Crippen molar-refractivity contribution in [2.75, 3.05) is 13.7 Å². The Morgan fingerprint density at radius 1 is 1.36 bits per heavy atom. The molecule has 2 fully saturated rings. The second kappa shape index (κ2) is 7.52. The molecule has 0 unspecified atom stereocenters. The number of benzene rings is 1. The van der Waals surface area contributed by atoms with Gasteiger partial charge >= 0.3 is 6.09 Å². The Labute approximate surface area is 169 Å². The third kappa shape index (κ3) is 4.10. The van der Waals surface area contributed by atoms with E-state index >= 15 is 0 Å². The molecule has 154 valence electrons. The number of hydrogen-bond donors (Lipinski definition) is 1. The number of hydrogen-bond acceptors (Lipinski definition) is 4. The van der Waals surface area contributed by atoms with Crippen molar-refractivity contribution in [2.24, 2.45) is 5.41 Å². The van der Waals surface area contributed by atoms with Gasteiger partial charge in [-0.2, -0.15) is 0 Å². The van der Waals surface area contributed by atoms with Crippen molar-refractivity contribution in [3.8, 4) is 0 Å². The van der Waals surface area contributed by atoms with Crippen molar-refractivity contribution >= 4 is 23.6 Å². The van der Waals surface area contributed by atoms with E-state index in [1.807, 2.05) is 0 Å². The maximum absolute atomic E-state index is 14.1. The molecule has 28 heavy (non-hydrogen) atoms. The molecule has 2 amide bonds. The molecular formula is C20H26ClFN2O4. The number of nitrogens with one attached hydrogen (secondary N) is 1. The van der Waals surface area contributed by atoms with Crippen molar-refractivity contribution in [1.82, 2.24) is 10.2 Å². The molecule has 0 bridgehead atoms. The Kier molecular flexibility index (Phi) is 5.60. The van der Waals surface area contributed by atoms with Crippen LogP contribution in [0, 0.1) is 11.2 Å². The third-order valence-electron chi connectivity index (χ3n) is 5.24. The van der Waals surface area contributed by atoms with Crippen molar-refractivity contribution in [1.29, 1.82) is 0 Å². The minimum atomic E-state index is -0.675. The van der Waals surface area contributed by atoms with E-state index in [0.29, 0.717) is 18.6 Å². The highest BCUT2D eigenvalue weighted by atomic mass is 35.5. The Morgan fingerprint density at radius 3 is 2.71 bits per heavy atom. The Morgan fingerprint density at radius 2 is 2.07 bits per heavy atom. The number of fused-ring (bicyclic) bond motifs is 1. The fraction of sp³-hybridized carbons (Fsp3) is 0.600. The zero-order valence-corrected chi connectivity index (χ0v) is 17.3. The number of carbonyl (C=O) groups excluding carboxylic acids is 2. The molecule has 1 N–H and O–H groups in total. The van der Waals surface area contributed by atoms with Gasteiger partial charge in [-0.1, -0.05) is 23.7 Å². The predicted molar refractivity (Wildman–Crippen MR) is 102 cm³/mol. The summed E-state index contributed by atoms with van der Waals surface area (Å²) in [5.74, 6) is -0.897. The van der Waals surface area contributed by atoms with Gasteiger partial charge in [0.1, 0.15) is 17.5 Å². The number of rotatable bonds is 5. The van der Waals surface area contributed by atoms with Gasteiger partial charge in [0, 0.05) is 30.7 Å². The van der Waals surface area contributed by atoms with Gasteiger partial charge in [0.25, 0.3) is 0 Å². The van der Waals surface area contributed by atoms with Crippen LogP contribution in [0.25, 0.3) is 0 Å². The van der Waals surface area contributed by atoms with Crippen LogP contribution in [-0.2, 0) is 20.8 Å². The first kappa shape index (κ1) is 20.9. The molecule has 1 aliphatic carbocycles. The van der Waals surface area contributed by atoms with Crippen molar-refractivity contribution in [3.63, 3.8) is 0 Å². The number of ether oxygens (including phenoxy) is 2.